The molecule has 0 unspecified atom stereocenters. The summed E-state index contributed by atoms with van der Waals surface area (Å²) in [5, 5.41) is 2.59. The van der Waals surface area contributed by atoms with Crippen molar-refractivity contribution in [3.8, 4) is 0 Å². The maximum absolute atomic E-state index is 3.23. The topological polar surface area (TPSA) is 12.0 Å². The van der Waals surface area contributed by atoms with Crippen molar-refractivity contribution >= 4 is 28.4 Å². The van der Waals surface area contributed by atoms with Gasteiger partial charge in [0.25, 0.3) is 0 Å². The van der Waals surface area contributed by atoms with Crippen LogP contribution >= 0.6 is 11.9 Å². The van der Waals surface area contributed by atoms with Gasteiger partial charge in [0.15, 0.2) is 0 Å². The fourth-order valence-corrected chi connectivity index (χ4v) is 1.91. The molecular formula is C12H13NS. The van der Waals surface area contributed by atoms with Crippen LogP contribution in [0, 0.1) is 6.92 Å². The molecule has 0 spiro atoms. The molecule has 0 bridgehead atoms. The molecule has 0 aliphatic heterocycles. The summed E-state index contributed by atoms with van der Waals surface area (Å²) in [7, 11) is 0. The molecule has 0 saturated heterocycles. The Bertz CT molecular complexity index is 451. The minimum absolute atomic E-state index is 1.16. The molecule has 0 aliphatic rings. The van der Waals surface area contributed by atoms with Crippen LogP contribution in [-0.4, -0.2) is 6.26 Å². The van der Waals surface area contributed by atoms with Gasteiger partial charge in [-0.15, -0.1) is 0 Å². The zero-order valence-corrected chi connectivity index (χ0v) is 9.19. The highest BCUT2D eigenvalue weighted by atomic mass is 32.2. The van der Waals surface area contributed by atoms with E-state index in [2.05, 4.69) is 48.0 Å². The van der Waals surface area contributed by atoms with E-state index in [-0.39, 0.29) is 0 Å². The van der Waals surface area contributed by atoms with E-state index in [9.17, 15) is 0 Å². The third-order valence-electron chi connectivity index (χ3n) is 2.22. The molecule has 1 nitrogen and oxygen atoms in total. The Morgan fingerprint density at radius 1 is 1.00 bits per heavy atom. The molecule has 14 heavy (non-hydrogen) atoms. The summed E-state index contributed by atoms with van der Waals surface area (Å²) in [5.41, 5.74) is 2.47. The van der Waals surface area contributed by atoms with Crippen LogP contribution < -0.4 is 4.72 Å². The van der Waals surface area contributed by atoms with Crippen molar-refractivity contribution < 1.29 is 0 Å². The molecule has 0 aromatic heterocycles. The molecule has 0 amide bonds. The predicted octanol–water partition coefficient (Wildman–Crippen LogP) is 3.84. The summed E-state index contributed by atoms with van der Waals surface area (Å²) in [6.07, 6.45) is 2.03. The maximum atomic E-state index is 3.23. The molecule has 2 heteroatoms. The summed E-state index contributed by atoms with van der Waals surface area (Å²) >= 11 is 1.62. The molecule has 2 aromatic carbocycles. The third kappa shape index (κ3) is 1.85. The molecule has 2 aromatic rings. The summed E-state index contributed by atoms with van der Waals surface area (Å²) in [4.78, 5) is 0. The Morgan fingerprint density at radius 2 is 1.71 bits per heavy atom. The first-order chi connectivity index (χ1) is 6.79. The van der Waals surface area contributed by atoms with E-state index in [4.69, 9.17) is 0 Å². The summed E-state index contributed by atoms with van der Waals surface area (Å²) in [6.45, 7) is 2.12. The van der Waals surface area contributed by atoms with Gasteiger partial charge in [-0.25, -0.2) is 0 Å². The van der Waals surface area contributed by atoms with Crippen molar-refractivity contribution in [2.75, 3.05) is 11.0 Å². The van der Waals surface area contributed by atoms with Gasteiger partial charge in [0.1, 0.15) is 0 Å². The lowest BCUT2D eigenvalue weighted by molar-refractivity contribution is 1.51. The van der Waals surface area contributed by atoms with Gasteiger partial charge in [-0.1, -0.05) is 41.8 Å². The minimum Gasteiger partial charge on any atom is -0.330 e. The molecule has 0 radical (unpaired) electrons. The molecular weight excluding hydrogens is 190 g/mol. The van der Waals surface area contributed by atoms with Crippen molar-refractivity contribution in [3.63, 3.8) is 0 Å². The van der Waals surface area contributed by atoms with Gasteiger partial charge in [0, 0.05) is 11.9 Å². The third-order valence-corrected chi connectivity index (χ3v) is 2.66. The van der Waals surface area contributed by atoms with Crippen molar-refractivity contribution in [2.24, 2.45) is 0 Å². The number of nitrogens with one attached hydrogen (secondary N) is 1. The lowest BCUT2D eigenvalue weighted by Gasteiger charge is -2.04. The lowest BCUT2D eigenvalue weighted by Crippen LogP contribution is -1.84. The first-order valence-corrected chi connectivity index (χ1v) is 5.81. The van der Waals surface area contributed by atoms with E-state index in [1.165, 1.54) is 16.3 Å². The number of anilines is 1. The van der Waals surface area contributed by atoms with Gasteiger partial charge in [-0.2, -0.15) is 0 Å². The number of fused-ring (bicyclic) bond motifs is 1. The Kier molecular flexibility index (Phi) is 2.64. The summed E-state index contributed by atoms with van der Waals surface area (Å²) < 4.78 is 3.23. The smallest absolute Gasteiger partial charge is 0.0446 e. The molecule has 0 heterocycles. The van der Waals surface area contributed by atoms with E-state index in [0.29, 0.717) is 0 Å². The second kappa shape index (κ2) is 3.93. The molecule has 0 aliphatic carbocycles. The van der Waals surface area contributed by atoms with Gasteiger partial charge in [-0.05, 0) is 29.8 Å². The molecule has 0 atom stereocenters. The van der Waals surface area contributed by atoms with Crippen LogP contribution in [0.15, 0.2) is 36.4 Å². The van der Waals surface area contributed by atoms with Gasteiger partial charge in [0.05, 0.1) is 0 Å². The number of hydrogen-bond donors (Lipinski definition) is 1. The Morgan fingerprint density at radius 3 is 2.50 bits per heavy atom. The number of benzene rings is 2. The van der Waals surface area contributed by atoms with Crippen LogP contribution in [0.1, 0.15) is 5.56 Å². The molecule has 72 valence electrons. The lowest BCUT2D eigenvalue weighted by atomic mass is 10.1. The number of aryl methyl sites for hydroxylation is 1. The van der Waals surface area contributed by atoms with Crippen molar-refractivity contribution in [1.82, 2.24) is 0 Å². The second-order valence-electron chi connectivity index (χ2n) is 3.37. The highest BCUT2D eigenvalue weighted by Gasteiger charge is 1.95. The quantitative estimate of drug-likeness (QED) is 0.744. The van der Waals surface area contributed by atoms with Crippen molar-refractivity contribution in [2.45, 2.75) is 6.92 Å². The average molecular weight is 203 g/mol. The number of rotatable bonds is 2. The predicted molar refractivity (Wildman–Crippen MR) is 65.8 cm³/mol. The van der Waals surface area contributed by atoms with Gasteiger partial charge >= 0.3 is 0 Å². The largest absolute Gasteiger partial charge is 0.330 e. The monoisotopic (exact) mass is 203 g/mol. The van der Waals surface area contributed by atoms with E-state index in [1.54, 1.807) is 11.9 Å². The van der Waals surface area contributed by atoms with Crippen LogP contribution in [0.3, 0.4) is 0 Å². The zero-order chi connectivity index (χ0) is 9.97. The Hall–Kier alpha value is -1.15. The van der Waals surface area contributed by atoms with Gasteiger partial charge in [-0.3, -0.25) is 0 Å². The normalized spacial score (nSPS) is 10.4. The molecule has 0 fully saturated rings. The fraction of sp³-hybridized carbons (Fsp3) is 0.167. The van der Waals surface area contributed by atoms with Crippen molar-refractivity contribution in [1.29, 1.82) is 0 Å². The van der Waals surface area contributed by atoms with E-state index in [0.717, 1.165) is 5.69 Å². The Balaban J connectivity index is 2.50. The SMILES string of the molecule is CSNc1ccc2cc(C)ccc2c1. The van der Waals surface area contributed by atoms with Crippen LogP contribution in [0.2, 0.25) is 0 Å². The molecule has 0 saturated carbocycles. The standard InChI is InChI=1S/C12H13NS/c1-9-3-4-11-8-12(13-14-2)6-5-10(11)7-9/h3-8,13H,1-2H3. The first-order valence-electron chi connectivity index (χ1n) is 4.59. The zero-order valence-electron chi connectivity index (χ0n) is 8.37. The fourth-order valence-electron chi connectivity index (χ4n) is 1.55. The molecule has 2 rings (SSSR count). The molecule has 1 N–H and O–H groups in total. The highest BCUT2D eigenvalue weighted by molar-refractivity contribution is 7.99. The van der Waals surface area contributed by atoms with Crippen molar-refractivity contribution in [3.05, 3.63) is 42.0 Å². The van der Waals surface area contributed by atoms with Gasteiger partial charge < -0.3 is 4.72 Å². The van der Waals surface area contributed by atoms with Crippen LogP contribution in [0.25, 0.3) is 10.8 Å². The van der Waals surface area contributed by atoms with E-state index < -0.39 is 0 Å². The van der Waals surface area contributed by atoms with Crippen LogP contribution in [0.4, 0.5) is 5.69 Å². The summed E-state index contributed by atoms with van der Waals surface area (Å²) in [5.74, 6) is 0. The first kappa shape index (κ1) is 9.41. The van der Waals surface area contributed by atoms with Crippen LogP contribution in [-0.2, 0) is 0 Å². The van der Waals surface area contributed by atoms with E-state index >= 15 is 0 Å². The maximum Gasteiger partial charge on any atom is 0.0446 e. The van der Waals surface area contributed by atoms with Crippen LogP contribution in [0.5, 0.6) is 0 Å². The Labute approximate surface area is 88.7 Å². The van der Waals surface area contributed by atoms with E-state index in [1.807, 2.05) is 6.26 Å². The second-order valence-corrected chi connectivity index (χ2v) is 3.98. The summed E-state index contributed by atoms with van der Waals surface area (Å²) in [6, 6.07) is 12.9. The van der Waals surface area contributed by atoms with Gasteiger partial charge in [0.2, 0.25) is 0 Å². The number of hydrogen-bond acceptors (Lipinski definition) is 2. The average Bonchev–Trinajstić information content (AvgIpc) is 2.19. The highest BCUT2D eigenvalue weighted by Crippen LogP contribution is 2.21. The minimum atomic E-state index is 1.16.